The zero-order valence-electron chi connectivity index (χ0n) is 13.1. The van der Waals surface area contributed by atoms with Crippen LogP contribution in [-0.4, -0.2) is 25.4 Å². The Balaban J connectivity index is 2.05. The van der Waals surface area contributed by atoms with Gasteiger partial charge in [-0.05, 0) is 36.9 Å². The predicted molar refractivity (Wildman–Crippen MR) is 88.9 cm³/mol. The highest BCUT2D eigenvalue weighted by Crippen LogP contribution is 2.30. The number of methoxy groups -OCH3 is 2. The average molecular weight is 334 g/mol. The van der Waals surface area contributed by atoms with Crippen molar-refractivity contribution in [3.8, 4) is 11.5 Å². The van der Waals surface area contributed by atoms with Gasteiger partial charge >= 0.3 is 0 Å². The van der Waals surface area contributed by atoms with E-state index in [9.17, 15) is 10.0 Å². The van der Waals surface area contributed by atoms with E-state index in [0.29, 0.717) is 22.2 Å². The fraction of sp³-hybridized carbons (Fsp3) is 0.250. The number of thioether (sulfide) groups is 1. The molecule has 1 aromatic heterocycles. The van der Waals surface area contributed by atoms with Crippen molar-refractivity contribution in [3.05, 3.63) is 47.8 Å². The summed E-state index contributed by atoms with van der Waals surface area (Å²) in [6.07, 6.45) is 1.40. The van der Waals surface area contributed by atoms with Gasteiger partial charge in [0.05, 0.1) is 19.5 Å². The summed E-state index contributed by atoms with van der Waals surface area (Å²) in [5, 5.41) is 14.5. The quantitative estimate of drug-likeness (QED) is 0.499. The number of hydrogen-bond donors (Lipinski definition) is 1. The van der Waals surface area contributed by atoms with Crippen molar-refractivity contribution in [2.75, 3.05) is 19.5 Å². The first kappa shape index (κ1) is 17.0. The van der Waals surface area contributed by atoms with E-state index in [0.717, 1.165) is 4.73 Å². The number of hydrogen-bond acceptors (Lipinski definition) is 5. The minimum atomic E-state index is -0.425. The number of rotatable bonds is 6. The summed E-state index contributed by atoms with van der Waals surface area (Å²) in [6.45, 7) is 1.74. The minimum absolute atomic E-state index is 0.203. The number of amides is 1. The molecule has 2 rings (SSSR count). The molecule has 2 aromatic rings. The van der Waals surface area contributed by atoms with Gasteiger partial charge in [-0.2, -0.15) is 4.73 Å². The van der Waals surface area contributed by atoms with E-state index in [1.807, 2.05) is 0 Å². The molecule has 6 nitrogen and oxygen atoms in total. The monoisotopic (exact) mass is 334 g/mol. The molecule has 1 N–H and O–H groups in total. The van der Waals surface area contributed by atoms with E-state index in [1.54, 1.807) is 50.4 Å². The Morgan fingerprint density at radius 3 is 2.61 bits per heavy atom. The lowest BCUT2D eigenvalue weighted by atomic mass is 10.2. The molecule has 0 saturated heterocycles. The van der Waals surface area contributed by atoms with Crippen molar-refractivity contribution in [3.63, 3.8) is 0 Å². The van der Waals surface area contributed by atoms with E-state index in [2.05, 4.69) is 5.32 Å². The molecule has 0 saturated carbocycles. The van der Waals surface area contributed by atoms with Gasteiger partial charge in [0, 0.05) is 23.9 Å². The van der Waals surface area contributed by atoms with Crippen LogP contribution >= 0.6 is 11.8 Å². The lowest BCUT2D eigenvalue weighted by Gasteiger charge is -2.13. The summed E-state index contributed by atoms with van der Waals surface area (Å²) in [5.74, 6) is 0.918. The first-order valence-electron chi connectivity index (χ1n) is 6.93. The lowest BCUT2D eigenvalue weighted by Crippen LogP contribution is -2.30. The van der Waals surface area contributed by atoms with Crippen LogP contribution in [0, 0.1) is 5.21 Å². The third-order valence-corrected chi connectivity index (χ3v) is 4.23. The summed E-state index contributed by atoms with van der Waals surface area (Å²) < 4.78 is 11.1. The molecule has 0 bridgehead atoms. The van der Waals surface area contributed by atoms with Crippen LogP contribution in [0.2, 0.25) is 0 Å². The maximum atomic E-state index is 12.3. The summed E-state index contributed by atoms with van der Waals surface area (Å²) in [7, 11) is 3.08. The number of aromatic nitrogens is 1. The maximum absolute atomic E-state index is 12.3. The number of benzene rings is 1. The van der Waals surface area contributed by atoms with Crippen molar-refractivity contribution in [2.45, 2.75) is 17.2 Å². The molecule has 1 amide bonds. The number of nitrogens with zero attached hydrogens (tertiary/aromatic N) is 1. The Morgan fingerprint density at radius 1 is 1.22 bits per heavy atom. The number of carbonyl (C=O) groups is 1. The number of anilines is 1. The molecule has 0 aliphatic heterocycles. The second-order valence-corrected chi connectivity index (χ2v) is 6.04. The molecule has 0 radical (unpaired) electrons. The molecular weight excluding hydrogens is 316 g/mol. The Bertz CT molecular complexity index is 694. The van der Waals surface area contributed by atoms with Gasteiger partial charge in [0.15, 0.2) is 17.7 Å². The predicted octanol–water partition coefficient (Wildman–Crippen LogP) is 2.46. The summed E-state index contributed by atoms with van der Waals surface area (Å²) in [6, 6.07) is 10.2. The third-order valence-electron chi connectivity index (χ3n) is 3.11. The Kier molecular flexibility index (Phi) is 5.70. The van der Waals surface area contributed by atoms with Gasteiger partial charge in [-0.25, -0.2) is 0 Å². The normalized spacial score (nSPS) is 11.6. The molecule has 1 unspecified atom stereocenters. The van der Waals surface area contributed by atoms with Crippen molar-refractivity contribution in [2.24, 2.45) is 0 Å². The molecule has 0 aliphatic rings. The zero-order chi connectivity index (χ0) is 16.8. The van der Waals surface area contributed by atoms with Crippen LogP contribution in [0.3, 0.4) is 0 Å². The smallest absolute Gasteiger partial charge is 0.252 e. The van der Waals surface area contributed by atoms with Gasteiger partial charge in [0.2, 0.25) is 5.91 Å². The van der Waals surface area contributed by atoms with Crippen LogP contribution in [-0.2, 0) is 4.79 Å². The maximum Gasteiger partial charge on any atom is 0.252 e. The molecule has 1 aromatic carbocycles. The second-order valence-electron chi connectivity index (χ2n) is 4.68. The van der Waals surface area contributed by atoms with Gasteiger partial charge in [-0.3, -0.25) is 4.79 Å². The van der Waals surface area contributed by atoms with E-state index < -0.39 is 5.25 Å². The van der Waals surface area contributed by atoms with E-state index in [-0.39, 0.29) is 5.91 Å². The lowest BCUT2D eigenvalue weighted by molar-refractivity contribution is -0.645. The molecule has 7 heteroatoms. The molecule has 1 heterocycles. The van der Waals surface area contributed by atoms with Crippen LogP contribution in [0.25, 0.3) is 0 Å². The van der Waals surface area contributed by atoms with E-state index in [1.165, 1.54) is 25.1 Å². The minimum Gasteiger partial charge on any atom is -0.618 e. The summed E-state index contributed by atoms with van der Waals surface area (Å²) in [5.41, 5.74) is 0.600. The van der Waals surface area contributed by atoms with E-state index >= 15 is 0 Å². The average Bonchev–Trinajstić information content (AvgIpc) is 2.56. The Morgan fingerprint density at radius 2 is 1.96 bits per heavy atom. The van der Waals surface area contributed by atoms with Crippen molar-refractivity contribution >= 4 is 23.4 Å². The number of nitrogens with one attached hydrogen (secondary N) is 1. The molecule has 0 aliphatic carbocycles. The highest BCUT2D eigenvalue weighted by atomic mass is 32.2. The Labute approximate surface area is 139 Å². The largest absolute Gasteiger partial charge is 0.618 e. The van der Waals surface area contributed by atoms with Crippen molar-refractivity contribution < 1.29 is 19.0 Å². The molecule has 122 valence electrons. The van der Waals surface area contributed by atoms with E-state index in [4.69, 9.17) is 9.47 Å². The van der Waals surface area contributed by atoms with Gasteiger partial charge in [0.25, 0.3) is 5.03 Å². The topological polar surface area (TPSA) is 74.5 Å². The third kappa shape index (κ3) is 4.29. The zero-order valence-corrected chi connectivity index (χ0v) is 13.9. The fourth-order valence-corrected chi connectivity index (χ4v) is 2.75. The second kappa shape index (κ2) is 7.73. The van der Waals surface area contributed by atoms with Crippen LogP contribution < -0.4 is 19.5 Å². The van der Waals surface area contributed by atoms with Crippen LogP contribution in [0.5, 0.6) is 11.5 Å². The van der Waals surface area contributed by atoms with Gasteiger partial charge in [-0.1, -0.05) is 0 Å². The molecule has 0 spiro atoms. The van der Waals surface area contributed by atoms with Crippen LogP contribution in [0.15, 0.2) is 47.6 Å². The van der Waals surface area contributed by atoms with Crippen molar-refractivity contribution in [1.29, 1.82) is 0 Å². The summed E-state index contributed by atoms with van der Waals surface area (Å²) >= 11 is 1.20. The standard InChI is InChI=1S/C16H18N2O4S/c1-11(23-15-6-4-5-9-18(15)20)16(19)17-12-7-8-13(21-2)14(10-12)22-3/h4-11H,1-3H3,(H,17,19). The van der Waals surface area contributed by atoms with Crippen LogP contribution in [0.4, 0.5) is 5.69 Å². The highest BCUT2D eigenvalue weighted by molar-refractivity contribution is 8.00. The number of ether oxygens (including phenoxy) is 2. The SMILES string of the molecule is COc1ccc(NC(=O)C(C)Sc2cccc[n+]2[O-])cc1OC. The van der Waals surface area contributed by atoms with Gasteiger partial charge in [0.1, 0.15) is 0 Å². The highest BCUT2D eigenvalue weighted by Gasteiger charge is 2.19. The van der Waals surface area contributed by atoms with Gasteiger partial charge < -0.3 is 20.0 Å². The molecule has 0 fully saturated rings. The molecular formula is C16H18N2O4S. The fourth-order valence-electron chi connectivity index (χ4n) is 1.90. The molecule has 23 heavy (non-hydrogen) atoms. The number of pyridine rings is 1. The first-order valence-corrected chi connectivity index (χ1v) is 7.81. The van der Waals surface area contributed by atoms with Crippen LogP contribution in [0.1, 0.15) is 6.92 Å². The van der Waals surface area contributed by atoms with Crippen molar-refractivity contribution in [1.82, 2.24) is 0 Å². The summed E-state index contributed by atoms with van der Waals surface area (Å²) in [4.78, 5) is 12.3. The molecule has 1 atom stereocenters. The van der Waals surface area contributed by atoms with Gasteiger partial charge in [-0.15, -0.1) is 0 Å². The first-order chi connectivity index (χ1) is 11.0. The Hall–Kier alpha value is -2.41. The number of carbonyl (C=O) groups excluding carboxylic acids is 1.